The monoisotopic (exact) mass is 406 g/mol. The summed E-state index contributed by atoms with van der Waals surface area (Å²) in [6.07, 6.45) is 6.29. The van der Waals surface area contributed by atoms with Crippen LogP contribution < -0.4 is 15.0 Å². The lowest BCUT2D eigenvalue weighted by Crippen LogP contribution is -2.39. The largest absolute Gasteiger partial charge is 0.493 e. The molecule has 154 valence electrons. The van der Waals surface area contributed by atoms with E-state index >= 15 is 0 Å². The van der Waals surface area contributed by atoms with Crippen LogP contribution in [0.2, 0.25) is 0 Å². The average Bonchev–Trinajstić information content (AvgIpc) is 3.27. The van der Waals surface area contributed by atoms with Crippen molar-refractivity contribution < 1.29 is 13.9 Å². The molecule has 0 spiro atoms. The molecule has 2 aromatic carbocycles. The number of hydrogen-bond donors (Lipinski definition) is 2. The van der Waals surface area contributed by atoms with Gasteiger partial charge in [0.15, 0.2) is 0 Å². The number of hydrogen-bond acceptors (Lipinski definition) is 3. The Morgan fingerprint density at radius 2 is 2.13 bits per heavy atom. The summed E-state index contributed by atoms with van der Waals surface area (Å²) < 4.78 is 18.9. The van der Waals surface area contributed by atoms with Gasteiger partial charge in [-0.3, -0.25) is 4.90 Å². The highest BCUT2D eigenvalue weighted by Gasteiger charge is 2.20. The third kappa shape index (κ3) is 4.35. The number of amides is 2. The van der Waals surface area contributed by atoms with Gasteiger partial charge < -0.3 is 15.0 Å². The molecule has 1 aromatic heterocycles. The van der Waals surface area contributed by atoms with Gasteiger partial charge in [-0.2, -0.15) is 0 Å². The van der Waals surface area contributed by atoms with E-state index in [1.165, 1.54) is 12.1 Å². The van der Waals surface area contributed by atoms with E-state index in [9.17, 15) is 9.18 Å². The van der Waals surface area contributed by atoms with Gasteiger partial charge in [0.25, 0.3) is 0 Å². The lowest BCUT2D eigenvalue weighted by atomic mass is 9.98. The van der Waals surface area contributed by atoms with Crippen molar-refractivity contribution in [3.8, 4) is 5.75 Å². The van der Waals surface area contributed by atoms with Crippen LogP contribution in [0.4, 0.5) is 14.9 Å². The highest BCUT2D eigenvalue weighted by atomic mass is 19.1. The van der Waals surface area contributed by atoms with E-state index in [1.54, 1.807) is 23.4 Å². The van der Waals surface area contributed by atoms with Crippen LogP contribution in [0.3, 0.4) is 0 Å². The number of aromatic amines is 1. The molecule has 0 atom stereocenters. The van der Waals surface area contributed by atoms with E-state index in [4.69, 9.17) is 4.74 Å². The Hall–Kier alpha value is -3.61. The lowest BCUT2D eigenvalue weighted by molar-refractivity contribution is 0.246. The zero-order valence-electron chi connectivity index (χ0n) is 16.7. The average molecular weight is 406 g/mol. The molecule has 0 bridgehead atoms. The topological polar surface area (TPSA) is 70.2 Å². The van der Waals surface area contributed by atoms with Crippen molar-refractivity contribution in [1.82, 2.24) is 15.3 Å². The maximum Gasteiger partial charge on any atom is 0.322 e. The highest BCUT2D eigenvalue weighted by Crippen LogP contribution is 2.36. The third-order valence-corrected chi connectivity index (χ3v) is 5.01. The minimum Gasteiger partial charge on any atom is -0.493 e. The molecule has 2 amide bonds. The van der Waals surface area contributed by atoms with Crippen LogP contribution in [0.5, 0.6) is 5.75 Å². The van der Waals surface area contributed by atoms with Crippen LogP contribution >= 0.6 is 0 Å². The summed E-state index contributed by atoms with van der Waals surface area (Å²) in [6.45, 7) is 3.37. The first-order valence-corrected chi connectivity index (χ1v) is 9.90. The zero-order valence-corrected chi connectivity index (χ0v) is 16.7. The smallest absolute Gasteiger partial charge is 0.322 e. The van der Waals surface area contributed by atoms with Crippen molar-refractivity contribution in [3.05, 3.63) is 77.6 Å². The van der Waals surface area contributed by atoms with Gasteiger partial charge in [-0.1, -0.05) is 12.1 Å². The normalized spacial score (nSPS) is 14.1. The number of aromatic nitrogens is 2. The Kier molecular flexibility index (Phi) is 5.79. The first-order chi connectivity index (χ1) is 14.6. The first kappa shape index (κ1) is 19.7. The summed E-state index contributed by atoms with van der Waals surface area (Å²) in [5.41, 5.74) is 4.56. The standard InChI is InChI=1S/C23H23FN4O2/c1-2-28(23(29)26-13-16-3-5-18(24)6-4-16)20-7-8-22-21(12-20)17(9-10-30-22)11-19-14-25-15-27-19/h3-8,11-12,14-15H,2,9-10,13H2,1H3,(H,25,27)(H,26,29)/b17-11+. The minimum absolute atomic E-state index is 0.212. The molecule has 0 saturated carbocycles. The van der Waals surface area contributed by atoms with Crippen molar-refractivity contribution in [2.75, 3.05) is 18.1 Å². The number of nitrogens with zero attached hydrogens (tertiary/aromatic N) is 2. The predicted molar refractivity (Wildman–Crippen MR) is 115 cm³/mol. The number of nitrogens with one attached hydrogen (secondary N) is 2. The number of rotatable bonds is 5. The van der Waals surface area contributed by atoms with Crippen LogP contribution in [0, 0.1) is 5.82 Å². The minimum atomic E-state index is -0.296. The second-order valence-electron chi connectivity index (χ2n) is 6.97. The molecular formula is C23H23FN4O2. The van der Waals surface area contributed by atoms with Crippen molar-refractivity contribution in [3.63, 3.8) is 0 Å². The van der Waals surface area contributed by atoms with Gasteiger partial charge >= 0.3 is 6.03 Å². The van der Waals surface area contributed by atoms with Gasteiger partial charge in [-0.05, 0) is 54.5 Å². The Bertz CT molecular complexity index is 1050. The number of ether oxygens (including phenoxy) is 1. The highest BCUT2D eigenvalue weighted by molar-refractivity contribution is 5.93. The molecular weight excluding hydrogens is 383 g/mol. The molecule has 2 heterocycles. The van der Waals surface area contributed by atoms with Crippen molar-refractivity contribution in [1.29, 1.82) is 0 Å². The van der Waals surface area contributed by atoms with E-state index < -0.39 is 0 Å². The SMILES string of the molecule is CCN(C(=O)NCc1ccc(F)cc1)c1ccc2c(c1)/C(=C/c1c[nH]cn1)CCO2. The third-order valence-electron chi connectivity index (χ3n) is 5.01. The Morgan fingerprint density at radius 1 is 1.30 bits per heavy atom. The van der Waals surface area contributed by atoms with Crippen LogP contribution in [0.15, 0.2) is 55.0 Å². The molecule has 6 nitrogen and oxygen atoms in total. The number of anilines is 1. The van der Waals surface area contributed by atoms with Gasteiger partial charge in [-0.15, -0.1) is 0 Å². The van der Waals surface area contributed by atoms with Gasteiger partial charge in [0, 0.05) is 37.0 Å². The molecule has 0 saturated heterocycles. The molecule has 2 N–H and O–H groups in total. The van der Waals surface area contributed by atoms with Crippen molar-refractivity contribution in [2.45, 2.75) is 19.9 Å². The Labute approximate surface area is 174 Å². The van der Waals surface area contributed by atoms with Crippen molar-refractivity contribution in [2.24, 2.45) is 0 Å². The molecule has 7 heteroatoms. The number of halogens is 1. The molecule has 30 heavy (non-hydrogen) atoms. The van der Waals surface area contributed by atoms with E-state index in [2.05, 4.69) is 15.3 Å². The summed E-state index contributed by atoms with van der Waals surface area (Å²) in [5.74, 6) is 0.504. The van der Waals surface area contributed by atoms with Gasteiger partial charge in [-0.25, -0.2) is 14.2 Å². The summed E-state index contributed by atoms with van der Waals surface area (Å²) in [5, 5.41) is 2.90. The van der Waals surface area contributed by atoms with E-state index in [0.717, 1.165) is 40.3 Å². The second-order valence-corrected chi connectivity index (χ2v) is 6.97. The number of urea groups is 1. The lowest BCUT2D eigenvalue weighted by Gasteiger charge is -2.25. The summed E-state index contributed by atoms with van der Waals surface area (Å²) >= 11 is 0. The Balaban J connectivity index is 1.54. The number of benzene rings is 2. The number of carbonyl (C=O) groups excluding carboxylic acids is 1. The van der Waals surface area contributed by atoms with Crippen LogP contribution in [-0.4, -0.2) is 29.2 Å². The quantitative estimate of drug-likeness (QED) is 0.650. The number of H-pyrrole nitrogens is 1. The number of imidazole rings is 1. The fourth-order valence-electron chi connectivity index (χ4n) is 3.47. The summed E-state index contributed by atoms with van der Waals surface area (Å²) in [4.78, 5) is 21.7. The maximum absolute atomic E-state index is 13.1. The maximum atomic E-state index is 13.1. The van der Waals surface area contributed by atoms with E-state index in [0.29, 0.717) is 19.7 Å². The van der Waals surface area contributed by atoms with Gasteiger partial charge in [0.05, 0.1) is 18.6 Å². The molecule has 0 unspecified atom stereocenters. The molecule has 1 aliphatic heterocycles. The molecule has 4 rings (SSSR count). The van der Waals surface area contributed by atoms with Crippen LogP contribution in [0.25, 0.3) is 11.6 Å². The molecule has 1 aliphatic rings. The van der Waals surface area contributed by atoms with Crippen LogP contribution in [-0.2, 0) is 6.54 Å². The van der Waals surface area contributed by atoms with Gasteiger partial charge in [0.1, 0.15) is 11.6 Å². The number of fused-ring (bicyclic) bond motifs is 1. The molecule has 0 fully saturated rings. The summed E-state index contributed by atoms with van der Waals surface area (Å²) in [7, 11) is 0. The summed E-state index contributed by atoms with van der Waals surface area (Å²) in [6, 6.07) is 11.6. The van der Waals surface area contributed by atoms with Crippen molar-refractivity contribution >= 4 is 23.4 Å². The Morgan fingerprint density at radius 3 is 2.87 bits per heavy atom. The first-order valence-electron chi connectivity index (χ1n) is 9.90. The second kappa shape index (κ2) is 8.82. The van der Waals surface area contributed by atoms with Crippen LogP contribution in [0.1, 0.15) is 30.2 Å². The zero-order chi connectivity index (χ0) is 20.9. The number of carbonyl (C=O) groups is 1. The molecule has 0 radical (unpaired) electrons. The fraction of sp³-hybridized carbons (Fsp3) is 0.217. The molecule has 3 aromatic rings. The molecule has 0 aliphatic carbocycles. The van der Waals surface area contributed by atoms with Gasteiger partial charge in [0.2, 0.25) is 0 Å². The van der Waals surface area contributed by atoms with E-state index in [-0.39, 0.29) is 11.8 Å². The van der Waals surface area contributed by atoms with E-state index in [1.807, 2.05) is 37.4 Å². The predicted octanol–water partition coefficient (Wildman–Crippen LogP) is 4.61. The fourth-order valence-corrected chi connectivity index (χ4v) is 3.47.